The summed E-state index contributed by atoms with van der Waals surface area (Å²) < 4.78 is 0. The maximum atomic E-state index is 12.6. The van der Waals surface area contributed by atoms with Gasteiger partial charge in [0, 0.05) is 18.3 Å². The number of nitrogens with zero attached hydrogens (tertiary/aromatic N) is 1. The second kappa shape index (κ2) is 6.11. The molecule has 1 N–H and O–H groups in total. The van der Waals surface area contributed by atoms with E-state index >= 15 is 0 Å². The number of hydrogen-bond donors (Lipinski definition) is 1. The summed E-state index contributed by atoms with van der Waals surface area (Å²) in [4.78, 5) is 26.6. The van der Waals surface area contributed by atoms with Gasteiger partial charge >= 0.3 is 0 Å². The molecule has 2 amide bonds. The molecule has 2 atom stereocenters. The third kappa shape index (κ3) is 2.74. The standard InChI is InChI=1S/C18H24N2O2/c1-3-12(2)19-17(21)16-9-10-20(18(16)22)15-8-7-13-5-4-6-14(13)11-15/h7-8,11-12,16H,3-6,9-10H2,1-2H3,(H,19,21). The predicted molar refractivity (Wildman–Crippen MR) is 86.8 cm³/mol. The van der Waals surface area contributed by atoms with Gasteiger partial charge in [0.25, 0.3) is 0 Å². The van der Waals surface area contributed by atoms with E-state index in [4.69, 9.17) is 0 Å². The van der Waals surface area contributed by atoms with Gasteiger partial charge in [0.15, 0.2) is 0 Å². The van der Waals surface area contributed by atoms with Gasteiger partial charge in [-0.2, -0.15) is 0 Å². The van der Waals surface area contributed by atoms with Gasteiger partial charge in [-0.25, -0.2) is 0 Å². The summed E-state index contributed by atoms with van der Waals surface area (Å²) in [6.45, 7) is 4.63. The number of carbonyl (C=O) groups is 2. The zero-order chi connectivity index (χ0) is 15.7. The zero-order valence-corrected chi connectivity index (χ0v) is 13.4. The maximum Gasteiger partial charge on any atom is 0.239 e. The molecule has 118 valence electrons. The van der Waals surface area contributed by atoms with Crippen LogP contribution in [0.5, 0.6) is 0 Å². The number of anilines is 1. The Bertz CT molecular complexity index is 597. The molecular formula is C18H24N2O2. The van der Waals surface area contributed by atoms with E-state index in [2.05, 4.69) is 17.4 Å². The molecule has 1 heterocycles. The Hall–Kier alpha value is -1.84. The van der Waals surface area contributed by atoms with Crippen LogP contribution in [0.3, 0.4) is 0 Å². The average molecular weight is 300 g/mol. The lowest BCUT2D eigenvalue weighted by molar-refractivity contribution is -0.132. The van der Waals surface area contributed by atoms with Crippen LogP contribution in [0.4, 0.5) is 5.69 Å². The molecule has 1 aliphatic heterocycles. The van der Waals surface area contributed by atoms with Crippen molar-refractivity contribution in [1.82, 2.24) is 5.32 Å². The summed E-state index contributed by atoms with van der Waals surface area (Å²) in [5, 5.41) is 2.93. The van der Waals surface area contributed by atoms with Crippen molar-refractivity contribution >= 4 is 17.5 Å². The number of hydrogen-bond acceptors (Lipinski definition) is 2. The third-order valence-corrected chi connectivity index (χ3v) is 4.92. The molecular weight excluding hydrogens is 276 g/mol. The lowest BCUT2D eigenvalue weighted by atomic mass is 10.1. The Morgan fingerprint density at radius 2 is 2.14 bits per heavy atom. The van der Waals surface area contributed by atoms with Crippen molar-refractivity contribution < 1.29 is 9.59 Å². The van der Waals surface area contributed by atoms with Crippen molar-refractivity contribution in [2.75, 3.05) is 11.4 Å². The highest BCUT2D eigenvalue weighted by atomic mass is 16.2. The van der Waals surface area contributed by atoms with Crippen LogP contribution in [0.15, 0.2) is 18.2 Å². The van der Waals surface area contributed by atoms with E-state index in [1.54, 1.807) is 4.90 Å². The number of aryl methyl sites for hydroxylation is 2. The van der Waals surface area contributed by atoms with E-state index in [9.17, 15) is 9.59 Å². The number of carbonyl (C=O) groups excluding carboxylic acids is 2. The van der Waals surface area contributed by atoms with Gasteiger partial charge < -0.3 is 10.2 Å². The van der Waals surface area contributed by atoms with Crippen molar-refractivity contribution in [3.05, 3.63) is 29.3 Å². The van der Waals surface area contributed by atoms with Crippen molar-refractivity contribution in [2.24, 2.45) is 5.92 Å². The summed E-state index contributed by atoms with van der Waals surface area (Å²) in [5.41, 5.74) is 3.71. The highest BCUT2D eigenvalue weighted by Gasteiger charge is 2.38. The van der Waals surface area contributed by atoms with Gasteiger partial charge in [-0.3, -0.25) is 9.59 Å². The average Bonchev–Trinajstić information content (AvgIpc) is 3.12. The van der Waals surface area contributed by atoms with Crippen LogP contribution in [-0.2, 0) is 22.4 Å². The van der Waals surface area contributed by atoms with Crippen LogP contribution in [0.2, 0.25) is 0 Å². The summed E-state index contributed by atoms with van der Waals surface area (Å²) in [7, 11) is 0. The van der Waals surface area contributed by atoms with Gasteiger partial charge in [-0.15, -0.1) is 0 Å². The second-order valence-corrected chi connectivity index (χ2v) is 6.46. The lowest BCUT2D eigenvalue weighted by Gasteiger charge is -2.19. The van der Waals surface area contributed by atoms with Crippen molar-refractivity contribution in [1.29, 1.82) is 0 Å². The van der Waals surface area contributed by atoms with Crippen LogP contribution in [-0.4, -0.2) is 24.4 Å². The van der Waals surface area contributed by atoms with Crippen LogP contribution in [0, 0.1) is 5.92 Å². The number of rotatable bonds is 4. The highest BCUT2D eigenvalue weighted by molar-refractivity contribution is 6.09. The summed E-state index contributed by atoms with van der Waals surface area (Å²) >= 11 is 0. The molecule has 1 fully saturated rings. The van der Waals surface area contributed by atoms with E-state index in [0.717, 1.165) is 24.9 Å². The minimum atomic E-state index is -0.526. The first-order valence-corrected chi connectivity index (χ1v) is 8.33. The fraction of sp³-hybridized carbons (Fsp3) is 0.556. The Labute approximate surface area is 131 Å². The molecule has 0 saturated carbocycles. The summed E-state index contributed by atoms with van der Waals surface area (Å²) in [6, 6.07) is 6.42. The molecule has 0 spiro atoms. The van der Waals surface area contributed by atoms with E-state index in [1.165, 1.54) is 17.5 Å². The first-order valence-electron chi connectivity index (χ1n) is 8.33. The highest BCUT2D eigenvalue weighted by Crippen LogP contribution is 2.30. The zero-order valence-electron chi connectivity index (χ0n) is 13.4. The van der Waals surface area contributed by atoms with Crippen molar-refractivity contribution in [3.63, 3.8) is 0 Å². The number of amides is 2. The molecule has 1 aromatic rings. The quantitative estimate of drug-likeness (QED) is 0.868. The van der Waals surface area contributed by atoms with Gasteiger partial charge in [-0.05, 0) is 62.3 Å². The molecule has 1 aliphatic carbocycles. The van der Waals surface area contributed by atoms with E-state index < -0.39 is 5.92 Å². The minimum Gasteiger partial charge on any atom is -0.353 e. The molecule has 0 bridgehead atoms. The van der Waals surface area contributed by atoms with Crippen LogP contribution in [0.25, 0.3) is 0 Å². The Morgan fingerprint density at radius 3 is 2.91 bits per heavy atom. The smallest absolute Gasteiger partial charge is 0.239 e. The Kier molecular flexibility index (Phi) is 4.19. The Morgan fingerprint density at radius 1 is 1.36 bits per heavy atom. The van der Waals surface area contributed by atoms with E-state index in [-0.39, 0.29) is 17.9 Å². The molecule has 3 rings (SSSR count). The first kappa shape index (κ1) is 15.1. The molecule has 22 heavy (non-hydrogen) atoms. The second-order valence-electron chi connectivity index (χ2n) is 6.46. The largest absolute Gasteiger partial charge is 0.353 e. The first-order chi connectivity index (χ1) is 10.6. The molecule has 2 unspecified atom stereocenters. The fourth-order valence-corrected chi connectivity index (χ4v) is 3.35. The Balaban J connectivity index is 1.72. The normalized spacial score (nSPS) is 21.8. The van der Waals surface area contributed by atoms with Crippen LogP contribution in [0.1, 0.15) is 44.2 Å². The van der Waals surface area contributed by atoms with Gasteiger partial charge in [0.2, 0.25) is 11.8 Å². The molecule has 4 nitrogen and oxygen atoms in total. The maximum absolute atomic E-state index is 12.6. The number of benzene rings is 1. The van der Waals surface area contributed by atoms with E-state index in [0.29, 0.717) is 13.0 Å². The van der Waals surface area contributed by atoms with Crippen molar-refractivity contribution in [2.45, 2.75) is 52.0 Å². The molecule has 2 aliphatic rings. The van der Waals surface area contributed by atoms with Crippen molar-refractivity contribution in [3.8, 4) is 0 Å². The number of fused-ring (bicyclic) bond motifs is 1. The van der Waals surface area contributed by atoms with Crippen LogP contribution < -0.4 is 10.2 Å². The van der Waals surface area contributed by atoms with E-state index in [1.807, 2.05) is 19.9 Å². The van der Waals surface area contributed by atoms with Gasteiger partial charge in [0.1, 0.15) is 5.92 Å². The summed E-state index contributed by atoms with van der Waals surface area (Å²) in [5.74, 6) is -0.705. The van der Waals surface area contributed by atoms with Gasteiger partial charge in [0.05, 0.1) is 0 Å². The van der Waals surface area contributed by atoms with Crippen LogP contribution >= 0.6 is 0 Å². The fourth-order valence-electron chi connectivity index (χ4n) is 3.35. The molecule has 4 heteroatoms. The molecule has 1 saturated heterocycles. The molecule has 1 aromatic carbocycles. The predicted octanol–water partition coefficient (Wildman–Crippen LogP) is 2.44. The molecule has 0 radical (unpaired) electrons. The lowest BCUT2D eigenvalue weighted by Crippen LogP contribution is -2.40. The topological polar surface area (TPSA) is 49.4 Å². The minimum absolute atomic E-state index is 0.0567. The number of nitrogens with one attached hydrogen (secondary N) is 1. The SMILES string of the molecule is CCC(C)NC(=O)C1CCN(c2ccc3c(c2)CCC3)C1=O. The van der Waals surface area contributed by atoms with Gasteiger partial charge in [-0.1, -0.05) is 13.0 Å². The molecule has 0 aromatic heterocycles. The third-order valence-electron chi connectivity index (χ3n) is 4.92. The summed E-state index contributed by atoms with van der Waals surface area (Å²) in [6.07, 6.45) is 4.93. The monoisotopic (exact) mass is 300 g/mol.